The van der Waals surface area contributed by atoms with Crippen molar-refractivity contribution in [2.75, 3.05) is 0 Å². The van der Waals surface area contributed by atoms with Gasteiger partial charge in [0.2, 0.25) is 0 Å². The maximum atomic E-state index is 10.5. The fourth-order valence-corrected chi connectivity index (χ4v) is 1.72. The first-order valence-electron chi connectivity index (χ1n) is 2.93. The van der Waals surface area contributed by atoms with Crippen LogP contribution in [0.3, 0.4) is 0 Å². The Kier molecular flexibility index (Phi) is 1.19. The predicted octanol–water partition coefficient (Wildman–Crippen LogP) is 1.62. The van der Waals surface area contributed by atoms with Gasteiger partial charge in [-0.1, -0.05) is 0 Å². The van der Waals surface area contributed by atoms with Gasteiger partial charge in [-0.3, -0.25) is 0 Å². The second-order valence-electron chi connectivity index (χ2n) is 2.02. The highest BCUT2D eigenvalue weighted by Gasteiger charge is 2.08. The summed E-state index contributed by atoms with van der Waals surface area (Å²) in [5.74, 6) is 0. The van der Waals surface area contributed by atoms with Crippen LogP contribution in [-0.4, -0.2) is 21.0 Å². The molecular formula is C6H4N2O2S. The quantitative estimate of drug-likeness (QED) is 0.650. The first-order valence-corrected chi connectivity index (χ1v) is 3.81. The van der Waals surface area contributed by atoms with Gasteiger partial charge in [-0.2, -0.15) is 9.78 Å². The third-order valence-electron chi connectivity index (χ3n) is 1.36. The van der Waals surface area contributed by atoms with Crippen LogP contribution in [0.5, 0.6) is 0 Å². The normalized spacial score (nSPS) is 10.5. The van der Waals surface area contributed by atoms with E-state index in [-0.39, 0.29) is 0 Å². The molecule has 0 aliphatic heterocycles. The van der Waals surface area contributed by atoms with Crippen molar-refractivity contribution in [2.45, 2.75) is 0 Å². The number of fused-ring (bicyclic) bond motifs is 1. The van der Waals surface area contributed by atoms with Crippen LogP contribution in [0.25, 0.3) is 10.2 Å². The van der Waals surface area contributed by atoms with E-state index < -0.39 is 6.09 Å². The molecule has 11 heavy (non-hydrogen) atoms. The fraction of sp³-hybridized carbons (Fsp3) is 0. The summed E-state index contributed by atoms with van der Waals surface area (Å²) in [6.45, 7) is 0. The maximum Gasteiger partial charge on any atom is 0.433 e. The Morgan fingerprint density at radius 2 is 2.55 bits per heavy atom. The van der Waals surface area contributed by atoms with E-state index in [1.807, 2.05) is 11.4 Å². The van der Waals surface area contributed by atoms with Crippen molar-refractivity contribution in [2.24, 2.45) is 0 Å². The van der Waals surface area contributed by atoms with E-state index in [9.17, 15) is 4.79 Å². The molecule has 5 heteroatoms. The molecule has 2 heterocycles. The Balaban J connectivity index is 2.78. The van der Waals surface area contributed by atoms with Crippen molar-refractivity contribution in [3.8, 4) is 0 Å². The van der Waals surface area contributed by atoms with Gasteiger partial charge < -0.3 is 5.11 Å². The minimum absolute atomic E-state index is 0.678. The van der Waals surface area contributed by atoms with E-state index in [1.54, 1.807) is 6.20 Å². The van der Waals surface area contributed by atoms with Crippen LogP contribution in [0.1, 0.15) is 0 Å². The van der Waals surface area contributed by atoms with Crippen molar-refractivity contribution >= 4 is 27.6 Å². The molecule has 4 nitrogen and oxygen atoms in total. The van der Waals surface area contributed by atoms with Gasteiger partial charge in [0.15, 0.2) is 0 Å². The van der Waals surface area contributed by atoms with Crippen LogP contribution < -0.4 is 0 Å². The summed E-state index contributed by atoms with van der Waals surface area (Å²) in [7, 11) is 0. The van der Waals surface area contributed by atoms with Gasteiger partial charge in [-0.25, -0.2) is 4.79 Å². The molecule has 0 amide bonds. The molecule has 0 fully saturated rings. The van der Waals surface area contributed by atoms with E-state index in [0.29, 0.717) is 4.83 Å². The second kappa shape index (κ2) is 2.06. The molecule has 0 aromatic carbocycles. The number of nitrogens with zero attached hydrogens (tertiary/aromatic N) is 2. The lowest BCUT2D eigenvalue weighted by molar-refractivity contribution is 0.194. The highest BCUT2D eigenvalue weighted by Crippen LogP contribution is 2.19. The molecule has 0 saturated heterocycles. The van der Waals surface area contributed by atoms with Crippen LogP contribution in [0.2, 0.25) is 0 Å². The van der Waals surface area contributed by atoms with Crippen LogP contribution in [0, 0.1) is 0 Å². The standard InChI is InChI=1S/C6H4N2O2S/c9-6(10)8-5-4(3-7-8)1-2-11-5/h1-3H,(H,9,10). The van der Waals surface area contributed by atoms with E-state index >= 15 is 0 Å². The Morgan fingerprint density at radius 1 is 1.73 bits per heavy atom. The Bertz CT molecular complexity index is 403. The zero-order valence-electron chi connectivity index (χ0n) is 5.39. The number of carbonyl (C=O) groups is 1. The van der Waals surface area contributed by atoms with E-state index in [4.69, 9.17) is 5.11 Å². The third-order valence-corrected chi connectivity index (χ3v) is 2.26. The molecule has 0 bridgehead atoms. The number of thiophene rings is 1. The molecule has 0 aliphatic carbocycles. The third kappa shape index (κ3) is 0.813. The average Bonchev–Trinajstić information content (AvgIpc) is 2.41. The molecule has 0 unspecified atom stereocenters. The number of aromatic nitrogens is 2. The summed E-state index contributed by atoms with van der Waals surface area (Å²) < 4.78 is 0.972. The first-order chi connectivity index (χ1) is 5.29. The molecule has 1 N–H and O–H groups in total. The molecule has 2 rings (SSSR count). The minimum Gasteiger partial charge on any atom is -0.463 e. The van der Waals surface area contributed by atoms with Crippen molar-refractivity contribution in [3.63, 3.8) is 0 Å². The fourth-order valence-electron chi connectivity index (χ4n) is 0.890. The van der Waals surface area contributed by atoms with E-state index in [2.05, 4.69) is 5.10 Å². The minimum atomic E-state index is -1.04. The summed E-state index contributed by atoms with van der Waals surface area (Å²) in [4.78, 5) is 11.2. The van der Waals surface area contributed by atoms with Gasteiger partial charge in [0.05, 0.1) is 6.20 Å². The van der Waals surface area contributed by atoms with Crippen molar-refractivity contribution in [1.82, 2.24) is 9.78 Å². The molecule has 2 aromatic heterocycles. The molecule has 0 saturated carbocycles. The van der Waals surface area contributed by atoms with E-state index in [1.165, 1.54) is 11.3 Å². The van der Waals surface area contributed by atoms with Crippen molar-refractivity contribution in [3.05, 3.63) is 17.6 Å². The Labute approximate surface area is 65.7 Å². The molecule has 0 radical (unpaired) electrons. The predicted molar refractivity (Wildman–Crippen MR) is 41.0 cm³/mol. The summed E-state index contributed by atoms with van der Waals surface area (Å²) >= 11 is 1.37. The number of hydrogen-bond donors (Lipinski definition) is 1. The molecule has 2 aromatic rings. The summed E-state index contributed by atoms with van der Waals surface area (Å²) in [6, 6.07) is 1.84. The highest BCUT2D eigenvalue weighted by molar-refractivity contribution is 7.16. The molecule has 0 aliphatic rings. The second-order valence-corrected chi connectivity index (χ2v) is 2.91. The lowest BCUT2D eigenvalue weighted by Gasteiger charge is -1.88. The lowest BCUT2D eigenvalue weighted by atomic mass is 10.5. The Morgan fingerprint density at radius 3 is 3.27 bits per heavy atom. The van der Waals surface area contributed by atoms with Crippen molar-refractivity contribution < 1.29 is 9.90 Å². The largest absolute Gasteiger partial charge is 0.463 e. The summed E-state index contributed by atoms with van der Waals surface area (Å²) in [5, 5.41) is 15.0. The maximum absolute atomic E-state index is 10.5. The van der Waals surface area contributed by atoms with Gasteiger partial charge in [0.25, 0.3) is 0 Å². The van der Waals surface area contributed by atoms with Gasteiger partial charge in [-0.15, -0.1) is 11.3 Å². The number of hydrogen-bond acceptors (Lipinski definition) is 3. The number of rotatable bonds is 0. The molecule has 56 valence electrons. The van der Waals surface area contributed by atoms with Crippen molar-refractivity contribution in [1.29, 1.82) is 0 Å². The summed E-state index contributed by atoms with van der Waals surface area (Å²) in [5.41, 5.74) is 0. The smallest absolute Gasteiger partial charge is 0.433 e. The Hall–Kier alpha value is -1.36. The van der Waals surface area contributed by atoms with Gasteiger partial charge >= 0.3 is 6.09 Å². The molecule has 0 atom stereocenters. The van der Waals surface area contributed by atoms with Crippen LogP contribution >= 0.6 is 11.3 Å². The van der Waals surface area contributed by atoms with Crippen LogP contribution in [0.15, 0.2) is 17.6 Å². The number of carboxylic acid groups (broad SMARTS) is 1. The highest BCUT2D eigenvalue weighted by atomic mass is 32.1. The first kappa shape index (κ1) is 6.36. The molecular weight excluding hydrogens is 164 g/mol. The monoisotopic (exact) mass is 168 g/mol. The zero-order chi connectivity index (χ0) is 7.84. The average molecular weight is 168 g/mol. The SMILES string of the molecule is O=C(O)n1ncc2ccsc21. The van der Waals surface area contributed by atoms with Gasteiger partial charge in [0, 0.05) is 5.39 Å². The topological polar surface area (TPSA) is 55.1 Å². The molecule has 0 spiro atoms. The van der Waals surface area contributed by atoms with Gasteiger partial charge in [0.1, 0.15) is 4.83 Å². The summed E-state index contributed by atoms with van der Waals surface area (Å²) in [6.07, 6.45) is 0.502. The van der Waals surface area contributed by atoms with Crippen LogP contribution in [-0.2, 0) is 0 Å². The lowest BCUT2D eigenvalue weighted by Crippen LogP contribution is -2.07. The zero-order valence-corrected chi connectivity index (χ0v) is 6.21. The van der Waals surface area contributed by atoms with Crippen LogP contribution in [0.4, 0.5) is 4.79 Å². The van der Waals surface area contributed by atoms with Gasteiger partial charge in [-0.05, 0) is 11.4 Å². The van der Waals surface area contributed by atoms with E-state index in [0.717, 1.165) is 10.1 Å².